The summed E-state index contributed by atoms with van der Waals surface area (Å²) < 4.78 is 0. The molecule has 1 aromatic rings. The van der Waals surface area contributed by atoms with Gasteiger partial charge in [0.25, 0.3) is 5.91 Å². The SMILES string of the molecule is Cc1ccccc1NC(=O)[C@@H]([NH3+])C(C)C. The standard InChI is InChI=1S/C12H18N2O/c1-8(2)11(13)12(15)14-10-7-5-4-6-9(10)3/h4-8,11H,13H2,1-3H3,(H,14,15)/p+1/t11-/m0/s1. The van der Waals surface area contributed by atoms with Crippen molar-refractivity contribution in [3.8, 4) is 0 Å². The van der Waals surface area contributed by atoms with Gasteiger partial charge in [-0.1, -0.05) is 32.0 Å². The molecule has 0 aliphatic rings. The topological polar surface area (TPSA) is 56.7 Å². The molecule has 3 heteroatoms. The van der Waals surface area contributed by atoms with Crippen LogP contribution in [0.3, 0.4) is 0 Å². The van der Waals surface area contributed by atoms with Crippen LogP contribution in [0.25, 0.3) is 0 Å². The second-order valence-corrected chi connectivity index (χ2v) is 4.15. The minimum atomic E-state index is -0.204. The number of anilines is 1. The Kier molecular flexibility index (Phi) is 3.86. The van der Waals surface area contributed by atoms with E-state index in [9.17, 15) is 4.79 Å². The Hall–Kier alpha value is -1.35. The molecule has 0 aliphatic carbocycles. The van der Waals surface area contributed by atoms with Crippen LogP contribution >= 0.6 is 0 Å². The number of nitrogens with one attached hydrogen (secondary N) is 1. The third-order valence-corrected chi connectivity index (χ3v) is 2.54. The third-order valence-electron chi connectivity index (χ3n) is 2.54. The lowest BCUT2D eigenvalue weighted by atomic mass is 10.0. The van der Waals surface area contributed by atoms with Gasteiger partial charge in [-0.05, 0) is 18.6 Å². The van der Waals surface area contributed by atoms with Crippen molar-refractivity contribution in [1.82, 2.24) is 0 Å². The Morgan fingerprint density at radius 3 is 2.47 bits per heavy atom. The Morgan fingerprint density at radius 2 is 1.93 bits per heavy atom. The number of rotatable bonds is 3. The van der Waals surface area contributed by atoms with E-state index in [4.69, 9.17) is 0 Å². The monoisotopic (exact) mass is 207 g/mol. The van der Waals surface area contributed by atoms with E-state index in [0.717, 1.165) is 11.3 Å². The summed E-state index contributed by atoms with van der Waals surface area (Å²) in [4.78, 5) is 11.7. The first-order chi connectivity index (χ1) is 7.02. The van der Waals surface area contributed by atoms with Gasteiger partial charge in [0.05, 0.1) is 0 Å². The number of para-hydroxylation sites is 1. The largest absolute Gasteiger partial charge is 0.347 e. The minimum absolute atomic E-state index is 0.0145. The predicted octanol–water partition coefficient (Wildman–Crippen LogP) is 1.20. The molecule has 0 unspecified atom stereocenters. The van der Waals surface area contributed by atoms with Crippen molar-refractivity contribution in [1.29, 1.82) is 0 Å². The molecule has 0 saturated carbocycles. The number of amides is 1. The highest BCUT2D eigenvalue weighted by molar-refractivity contribution is 5.94. The van der Waals surface area contributed by atoms with E-state index in [2.05, 4.69) is 11.1 Å². The maximum atomic E-state index is 11.7. The van der Waals surface area contributed by atoms with Crippen LogP contribution in [0.1, 0.15) is 19.4 Å². The molecule has 0 radical (unpaired) electrons. The molecule has 1 amide bonds. The molecule has 82 valence electrons. The summed E-state index contributed by atoms with van der Waals surface area (Å²) in [6, 6.07) is 7.54. The molecule has 1 atom stereocenters. The lowest BCUT2D eigenvalue weighted by Crippen LogP contribution is -2.68. The molecule has 0 heterocycles. The van der Waals surface area contributed by atoms with Crippen molar-refractivity contribution in [2.45, 2.75) is 26.8 Å². The summed E-state index contributed by atoms with van der Waals surface area (Å²) in [6.45, 7) is 5.97. The quantitative estimate of drug-likeness (QED) is 0.768. The first kappa shape index (κ1) is 11.7. The van der Waals surface area contributed by atoms with Gasteiger partial charge in [-0.3, -0.25) is 4.79 Å². The van der Waals surface area contributed by atoms with E-state index in [1.54, 1.807) is 0 Å². The van der Waals surface area contributed by atoms with Crippen LogP contribution in [0, 0.1) is 12.8 Å². The maximum absolute atomic E-state index is 11.7. The van der Waals surface area contributed by atoms with Crippen molar-refractivity contribution >= 4 is 11.6 Å². The average Bonchev–Trinajstić information content (AvgIpc) is 2.20. The molecule has 4 N–H and O–H groups in total. The lowest BCUT2D eigenvalue weighted by molar-refractivity contribution is -0.412. The first-order valence-corrected chi connectivity index (χ1v) is 5.22. The van der Waals surface area contributed by atoms with Gasteiger partial charge in [0.1, 0.15) is 0 Å². The van der Waals surface area contributed by atoms with Crippen LogP contribution in [-0.4, -0.2) is 11.9 Å². The molecule has 0 aliphatic heterocycles. The van der Waals surface area contributed by atoms with Crippen LogP contribution in [0.4, 0.5) is 5.69 Å². The Balaban J connectivity index is 2.71. The minimum Gasteiger partial charge on any atom is -0.347 e. The molecule has 0 bridgehead atoms. The van der Waals surface area contributed by atoms with Crippen LogP contribution in [0.2, 0.25) is 0 Å². The fraction of sp³-hybridized carbons (Fsp3) is 0.417. The number of carbonyl (C=O) groups excluding carboxylic acids is 1. The van der Waals surface area contributed by atoms with Crippen LogP contribution in [0.5, 0.6) is 0 Å². The summed E-state index contributed by atoms with van der Waals surface area (Å²) >= 11 is 0. The lowest BCUT2D eigenvalue weighted by Gasteiger charge is -2.13. The van der Waals surface area contributed by atoms with Gasteiger partial charge in [-0.25, -0.2) is 0 Å². The molecule has 3 nitrogen and oxygen atoms in total. The highest BCUT2D eigenvalue weighted by atomic mass is 16.2. The summed E-state index contributed by atoms with van der Waals surface area (Å²) in [6.07, 6.45) is 0. The highest BCUT2D eigenvalue weighted by Gasteiger charge is 2.21. The summed E-state index contributed by atoms with van der Waals surface area (Å²) in [7, 11) is 0. The number of quaternary nitrogens is 1. The summed E-state index contributed by atoms with van der Waals surface area (Å²) in [5.41, 5.74) is 5.79. The molecule has 0 saturated heterocycles. The van der Waals surface area contributed by atoms with Crippen molar-refractivity contribution in [2.24, 2.45) is 5.92 Å². The Labute approximate surface area is 90.7 Å². The smallest absolute Gasteiger partial charge is 0.282 e. The molecule has 1 aromatic carbocycles. The Morgan fingerprint density at radius 1 is 1.33 bits per heavy atom. The summed E-state index contributed by atoms with van der Waals surface area (Å²) in [5.74, 6) is 0.244. The van der Waals surface area contributed by atoms with Gasteiger partial charge in [-0.15, -0.1) is 0 Å². The van der Waals surface area contributed by atoms with Gasteiger partial charge in [0.15, 0.2) is 6.04 Å². The average molecular weight is 207 g/mol. The van der Waals surface area contributed by atoms with Crippen LogP contribution in [-0.2, 0) is 4.79 Å². The normalized spacial score (nSPS) is 12.6. The van der Waals surface area contributed by atoms with E-state index in [1.807, 2.05) is 45.0 Å². The van der Waals surface area contributed by atoms with Gasteiger partial charge in [0.2, 0.25) is 0 Å². The number of benzene rings is 1. The second kappa shape index (κ2) is 4.94. The highest BCUT2D eigenvalue weighted by Crippen LogP contribution is 2.13. The fourth-order valence-corrected chi connectivity index (χ4v) is 1.24. The predicted molar refractivity (Wildman–Crippen MR) is 61.3 cm³/mol. The van der Waals surface area contributed by atoms with Crippen molar-refractivity contribution in [2.75, 3.05) is 5.32 Å². The first-order valence-electron chi connectivity index (χ1n) is 5.22. The van der Waals surface area contributed by atoms with E-state index in [1.165, 1.54) is 0 Å². The third kappa shape index (κ3) is 3.06. The number of hydrogen-bond donors (Lipinski definition) is 2. The van der Waals surface area contributed by atoms with E-state index >= 15 is 0 Å². The van der Waals surface area contributed by atoms with Crippen molar-refractivity contribution in [3.63, 3.8) is 0 Å². The zero-order valence-corrected chi connectivity index (χ0v) is 9.58. The van der Waals surface area contributed by atoms with Crippen LogP contribution in [0.15, 0.2) is 24.3 Å². The zero-order chi connectivity index (χ0) is 11.4. The molecule has 15 heavy (non-hydrogen) atoms. The van der Waals surface area contributed by atoms with E-state index < -0.39 is 0 Å². The second-order valence-electron chi connectivity index (χ2n) is 4.15. The molecule has 0 fully saturated rings. The number of hydrogen-bond acceptors (Lipinski definition) is 1. The van der Waals surface area contributed by atoms with E-state index in [-0.39, 0.29) is 17.9 Å². The van der Waals surface area contributed by atoms with Gasteiger partial charge >= 0.3 is 0 Å². The molecule has 0 spiro atoms. The number of aryl methyl sites for hydroxylation is 1. The molecule has 1 rings (SSSR count). The van der Waals surface area contributed by atoms with Gasteiger partial charge < -0.3 is 11.1 Å². The fourth-order valence-electron chi connectivity index (χ4n) is 1.24. The van der Waals surface area contributed by atoms with Gasteiger partial charge in [-0.2, -0.15) is 0 Å². The molecular formula is C12H19N2O+. The van der Waals surface area contributed by atoms with E-state index in [0.29, 0.717) is 0 Å². The Bertz CT molecular complexity index is 347. The molecular weight excluding hydrogens is 188 g/mol. The van der Waals surface area contributed by atoms with Gasteiger partial charge in [0, 0.05) is 11.6 Å². The summed E-state index contributed by atoms with van der Waals surface area (Å²) in [5, 5.41) is 2.89. The maximum Gasteiger partial charge on any atom is 0.282 e. The number of carbonyl (C=O) groups is 1. The van der Waals surface area contributed by atoms with Crippen molar-refractivity contribution in [3.05, 3.63) is 29.8 Å². The van der Waals surface area contributed by atoms with Crippen LogP contribution < -0.4 is 11.1 Å². The molecule has 0 aromatic heterocycles. The zero-order valence-electron chi connectivity index (χ0n) is 9.58. The van der Waals surface area contributed by atoms with Crippen molar-refractivity contribution < 1.29 is 10.5 Å².